The predicted octanol–water partition coefficient (Wildman–Crippen LogP) is 3.05. The zero-order valence-electron chi connectivity index (χ0n) is 18.8. The normalized spacial score (nSPS) is 15.2. The van der Waals surface area contributed by atoms with E-state index in [1.807, 2.05) is 0 Å². The highest BCUT2D eigenvalue weighted by Crippen LogP contribution is 2.33. The molecule has 34 heavy (non-hydrogen) atoms. The van der Waals surface area contributed by atoms with Gasteiger partial charge in [-0.25, -0.2) is 8.42 Å². The van der Waals surface area contributed by atoms with Crippen LogP contribution in [-0.4, -0.2) is 65.2 Å². The van der Waals surface area contributed by atoms with E-state index in [0.29, 0.717) is 30.5 Å². The van der Waals surface area contributed by atoms with Crippen LogP contribution in [0.15, 0.2) is 53.4 Å². The minimum Gasteiger partial charge on any atom is -0.379 e. The SMILES string of the molecule is Cc1ccc(S(=O)(=O)N(CC(=O)NCCCN2CCOCC2)c2cccc(C(F)(F)F)c2)cc1. The third kappa shape index (κ3) is 6.94. The average molecular weight is 500 g/mol. The maximum absolute atomic E-state index is 13.3. The molecule has 0 spiro atoms. The number of morpholine rings is 1. The third-order valence-corrected chi connectivity index (χ3v) is 7.22. The molecule has 0 radical (unpaired) electrons. The number of alkyl halides is 3. The summed E-state index contributed by atoms with van der Waals surface area (Å²) in [5.41, 5.74) is -0.415. The quantitative estimate of drug-likeness (QED) is 0.537. The van der Waals surface area contributed by atoms with Crippen LogP contribution in [0.4, 0.5) is 18.9 Å². The number of carbonyl (C=O) groups excluding carboxylic acids is 1. The van der Waals surface area contributed by atoms with Gasteiger partial charge in [-0.15, -0.1) is 0 Å². The number of nitrogens with zero attached hydrogens (tertiary/aromatic N) is 2. The topological polar surface area (TPSA) is 79.0 Å². The molecule has 0 unspecified atom stereocenters. The molecule has 7 nitrogen and oxygen atoms in total. The van der Waals surface area contributed by atoms with Gasteiger partial charge in [-0.1, -0.05) is 23.8 Å². The van der Waals surface area contributed by atoms with Crippen molar-refractivity contribution >= 4 is 21.6 Å². The predicted molar refractivity (Wildman–Crippen MR) is 122 cm³/mol. The Hall–Kier alpha value is -2.63. The zero-order chi connectivity index (χ0) is 24.8. The number of sulfonamides is 1. The van der Waals surface area contributed by atoms with Crippen molar-refractivity contribution in [3.8, 4) is 0 Å². The van der Waals surface area contributed by atoms with Crippen molar-refractivity contribution in [2.45, 2.75) is 24.4 Å². The molecule has 186 valence electrons. The second-order valence-corrected chi connectivity index (χ2v) is 9.89. The highest BCUT2D eigenvalue weighted by molar-refractivity contribution is 7.92. The second kappa shape index (κ2) is 11.2. The molecule has 0 aromatic heterocycles. The summed E-state index contributed by atoms with van der Waals surface area (Å²) >= 11 is 0. The fourth-order valence-corrected chi connectivity index (χ4v) is 4.94. The van der Waals surface area contributed by atoms with Gasteiger partial charge in [-0.2, -0.15) is 13.2 Å². The maximum atomic E-state index is 13.3. The fourth-order valence-electron chi connectivity index (χ4n) is 3.53. The summed E-state index contributed by atoms with van der Waals surface area (Å²) in [7, 11) is -4.29. The van der Waals surface area contributed by atoms with Gasteiger partial charge in [0.1, 0.15) is 6.54 Å². The van der Waals surface area contributed by atoms with Crippen molar-refractivity contribution in [3.63, 3.8) is 0 Å². The molecule has 0 bridgehead atoms. The molecule has 3 rings (SSSR count). The number of halogens is 3. The van der Waals surface area contributed by atoms with Crippen LogP contribution >= 0.6 is 0 Å². The molecule has 1 saturated heterocycles. The number of hydrogen-bond acceptors (Lipinski definition) is 5. The standard InChI is InChI=1S/C23H28F3N3O4S/c1-18-6-8-21(9-7-18)34(31,32)29(20-5-2-4-19(16-20)23(24,25)26)17-22(30)27-10-3-11-28-12-14-33-15-13-28/h2,4-9,16H,3,10-15,17H2,1H3,(H,27,30). The molecular formula is C23H28F3N3O4S. The molecule has 1 amide bonds. The van der Waals surface area contributed by atoms with Crippen LogP contribution in [0.25, 0.3) is 0 Å². The highest BCUT2D eigenvalue weighted by atomic mass is 32.2. The van der Waals surface area contributed by atoms with Gasteiger partial charge in [0.2, 0.25) is 5.91 Å². The number of aryl methyl sites for hydroxylation is 1. The van der Waals surface area contributed by atoms with Crippen LogP contribution in [0.5, 0.6) is 0 Å². The molecule has 1 N–H and O–H groups in total. The third-order valence-electron chi connectivity index (χ3n) is 5.43. The lowest BCUT2D eigenvalue weighted by atomic mass is 10.2. The van der Waals surface area contributed by atoms with Crippen LogP contribution in [-0.2, 0) is 25.7 Å². The Morgan fingerprint density at radius 1 is 1.12 bits per heavy atom. The van der Waals surface area contributed by atoms with E-state index in [0.717, 1.165) is 43.4 Å². The van der Waals surface area contributed by atoms with Crippen LogP contribution in [0.3, 0.4) is 0 Å². The highest BCUT2D eigenvalue weighted by Gasteiger charge is 2.33. The average Bonchev–Trinajstić information content (AvgIpc) is 2.81. The van der Waals surface area contributed by atoms with Gasteiger partial charge in [-0.3, -0.25) is 14.0 Å². The Balaban J connectivity index is 1.76. The first-order valence-corrected chi connectivity index (χ1v) is 12.3. The van der Waals surface area contributed by atoms with E-state index in [4.69, 9.17) is 4.74 Å². The van der Waals surface area contributed by atoms with Crippen LogP contribution < -0.4 is 9.62 Å². The van der Waals surface area contributed by atoms with E-state index >= 15 is 0 Å². The summed E-state index contributed by atoms with van der Waals surface area (Å²) in [5.74, 6) is -0.602. The van der Waals surface area contributed by atoms with Crippen molar-refractivity contribution < 1.29 is 31.1 Å². The smallest absolute Gasteiger partial charge is 0.379 e. The lowest BCUT2D eigenvalue weighted by Gasteiger charge is -2.27. The van der Waals surface area contributed by atoms with E-state index in [2.05, 4.69) is 10.2 Å². The second-order valence-electron chi connectivity index (χ2n) is 8.03. The monoisotopic (exact) mass is 499 g/mol. The molecule has 1 fully saturated rings. The van der Waals surface area contributed by atoms with Crippen molar-refractivity contribution in [1.29, 1.82) is 0 Å². The van der Waals surface area contributed by atoms with Crippen molar-refractivity contribution in [3.05, 3.63) is 59.7 Å². The number of nitrogens with one attached hydrogen (secondary N) is 1. The van der Waals surface area contributed by atoms with Gasteiger partial charge in [0.15, 0.2) is 0 Å². The van der Waals surface area contributed by atoms with Gasteiger partial charge >= 0.3 is 6.18 Å². The molecule has 2 aromatic carbocycles. The number of amides is 1. The maximum Gasteiger partial charge on any atom is 0.416 e. The molecule has 2 aromatic rings. The largest absolute Gasteiger partial charge is 0.416 e. The zero-order valence-corrected chi connectivity index (χ0v) is 19.7. The van der Waals surface area contributed by atoms with E-state index in [1.165, 1.54) is 18.2 Å². The molecule has 0 aliphatic carbocycles. The summed E-state index contributed by atoms with van der Waals surface area (Å²) in [5, 5.41) is 2.67. The van der Waals surface area contributed by atoms with Crippen LogP contribution in [0, 0.1) is 6.92 Å². The first-order valence-electron chi connectivity index (χ1n) is 10.9. The summed E-state index contributed by atoms with van der Waals surface area (Å²) < 4.78 is 72.4. The number of rotatable bonds is 9. The summed E-state index contributed by atoms with van der Waals surface area (Å²) in [6.45, 7) is 5.16. The van der Waals surface area contributed by atoms with Gasteiger partial charge in [0.05, 0.1) is 29.4 Å². The summed E-state index contributed by atoms with van der Waals surface area (Å²) in [6.07, 6.45) is -4.00. The number of hydrogen-bond donors (Lipinski definition) is 1. The van der Waals surface area contributed by atoms with Gasteiger partial charge in [0.25, 0.3) is 10.0 Å². The van der Waals surface area contributed by atoms with Crippen LogP contribution in [0.2, 0.25) is 0 Å². The first-order chi connectivity index (χ1) is 16.1. The number of ether oxygens (including phenoxy) is 1. The summed E-state index contributed by atoms with van der Waals surface area (Å²) in [6, 6.07) is 9.86. The van der Waals surface area contributed by atoms with Gasteiger partial charge in [0, 0.05) is 19.6 Å². The number of anilines is 1. The summed E-state index contributed by atoms with van der Waals surface area (Å²) in [4.78, 5) is 14.7. The van der Waals surface area contributed by atoms with Crippen molar-refractivity contribution in [2.24, 2.45) is 0 Å². The van der Waals surface area contributed by atoms with Crippen molar-refractivity contribution in [2.75, 3.05) is 50.2 Å². The van der Waals surface area contributed by atoms with Gasteiger partial charge in [-0.05, 0) is 50.2 Å². The number of carbonyl (C=O) groups is 1. The van der Waals surface area contributed by atoms with E-state index < -0.39 is 34.2 Å². The molecule has 1 aliphatic rings. The molecule has 11 heteroatoms. The first kappa shape index (κ1) is 26.0. The van der Waals surface area contributed by atoms with Gasteiger partial charge < -0.3 is 10.1 Å². The van der Waals surface area contributed by atoms with E-state index in [-0.39, 0.29) is 10.6 Å². The van der Waals surface area contributed by atoms with E-state index in [1.54, 1.807) is 19.1 Å². The fraction of sp³-hybridized carbons (Fsp3) is 0.435. The Morgan fingerprint density at radius 3 is 2.44 bits per heavy atom. The molecule has 0 atom stereocenters. The Labute approximate surface area is 197 Å². The van der Waals surface area contributed by atoms with E-state index in [9.17, 15) is 26.4 Å². The molecule has 1 aliphatic heterocycles. The lowest BCUT2D eigenvalue weighted by Crippen LogP contribution is -2.42. The minimum absolute atomic E-state index is 0.115. The number of benzene rings is 2. The Morgan fingerprint density at radius 2 is 1.79 bits per heavy atom. The Kier molecular flexibility index (Phi) is 8.56. The van der Waals surface area contributed by atoms with Crippen LogP contribution in [0.1, 0.15) is 17.5 Å². The van der Waals surface area contributed by atoms with Crippen molar-refractivity contribution in [1.82, 2.24) is 10.2 Å². The lowest BCUT2D eigenvalue weighted by molar-refractivity contribution is -0.137. The molecule has 1 heterocycles. The minimum atomic E-state index is -4.66. The molecule has 0 saturated carbocycles. The molecular weight excluding hydrogens is 471 g/mol. The Bertz CT molecular complexity index is 1070.